The lowest BCUT2D eigenvalue weighted by Gasteiger charge is -2.18. The Morgan fingerprint density at radius 3 is 2.78 bits per heavy atom. The van der Waals surface area contributed by atoms with Crippen molar-refractivity contribution in [3.05, 3.63) is 0 Å². The zero-order chi connectivity index (χ0) is 6.74. The van der Waals surface area contributed by atoms with E-state index in [9.17, 15) is 0 Å². The molecule has 0 amide bonds. The van der Waals surface area contributed by atoms with E-state index in [-0.39, 0.29) is 0 Å². The van der Waals surface area contributed by atoms with Gasteiger partial charge in [0, 0.05) is 0 Å². The third kappa shape index (κ3) is 2.33. The molecule has 54 valence electrons. The standard InChI is InChI=1S/C7H14O2/c1-7(2)4-3-5-8-9-6-7/h3-6H2,1-2H3. The van der Waals surface area contributed by atoms with Gasteiger partial charge in [-0.15, -0.1) is 0 Å². The fourth-order valence-corrected chi connectivity index (χ4v) is 0.942. The monoisotopic (exact) mass is 130 g/mol. The molecular weight excluding hydrogens is 116 g/mol. The predicted molar refractivity (Wildman–Crippen MR) is 34.9 cm³/mol. The van der Waals surface area contributed by atoms with E-state index in [1.807, 2.05) is 0 Å². The summed E-state index contributed by atoms with van der Waals surface area (Å²) in [4.78, 5) is 9.74. The van der Waals surface area contributed by atoms with Crippen molar-refractivity contribution in [2.75, 3.05) is 13.2 Å². The molecule has 1 fully saturated rings. The highest BCUT2D eigenvalue weighted by Crippen LogP contribution is 2.24. The first kappa shape index (κ1) is 7.03. The lowest BCUT2D eigenvalue weighted by atomic mass is 9.89. The van der Waals surface area contributed by atoms with Gasteiger partial charge in [-0.05, 0) is 18.3 Å². The van der Waals surface area contributed by atoms with Crippen LogP contribution in [0.4, 0.5) is 0 Å². The van der Waals surface area contributed by atoms with E-state index in [1.165, 1.54) is 6.42 Å². The van der Waals surface area contributed by atoms with Crippen molar-refractivity contribution in [2.45, 2.75) is 26.7 Å². The summed E-state index contributed by atoms with van der Waals surface area (Å²) in [5.74, 6) is 0. The summed E-state index contributed by atoms with van der Waals surface area (Å²) in [7, 11) is 0. The van der Waals surface area contributed by atoms with Gasteiger partial charge in [0.05, 0.1) is 13.2 Å². The maximum Gasteiger partial charge on any atom is 0.0873 e. The molecule has 0 aliphatic carbocycles. The molecular formula is C7H14O2. The zero-order valence-electron chi connectivity index (χ0n) is 6.14. The van der Waals surface area contributed by atoms with Gasteiger partial charge in [-0.25, -0.2) is 9.78 Å². The van der Waals surface area contributed by atoms with Crippen LogP contribution in [0.15, 0.2) is 0 Å². The van der Waals surface area contributed by atoms with Crippen molar-refractivity contribution >= 4 is 0 Å². The maximum atomic E-state index is 4.91. The molecule has 0 atom stereocenters. The van der Waals surface area contributed by atoms with E-state index in [2.05, 4.69) is 13.8 Å². The third-order valence-electron chi connectivity index (χ3n) is 1.61. The molecule has 1 saturated heterocycles. The quantitative estimate of drug-likeness (QED) is 0.465. The molecule has 1 heterocycles. The van der Waals surface area contributed by atoms with E-state index in [1.54, 1.807) is 0 Å². The molecule has 9 heavy (non-hydrogen) atoms. The second-order valence-corrected chi connectivity index (χ2v) is 3.35. The summed E-state index contributed by atoms with van der Waals surface area (Å²) < 4.78 is 0. The van der Waals surface area contributed by atoms with Crippen LogP contribution in [0.3, 0.4) is 0 Å². The Hall–Kier alpha value is -0.0800. The summed E-state index contributed by atoms with van der Waals surface area (Å²) >= 11 is 0. The molecule has 0 radical (unpaired) electrons. The van der Waals surface area contributed by atoms with Gasteiger partial charge < -0.3 is 0 Å². The lowest BCUT2D eigenvalue weighted by Crippen LogP contribution is -2.16. The Kier molecular flexibility index (Phi) is 2.09. The molecule has 0 aromatic rings. The summed E-state index contributed by atoms with van der Waals surface area (Å²) in [6, 6.07) is 0. The number of hydrogen-bond donors (Lipinski definition) is 0. The maximum absolute atomic E-state index is 4.91. The van der Waals surface area contributed by atoms with E-state index in [0.29, 0.717) is 5.41 Å². The molecule has 0 saturated carbocycles. The molecule has 2 heteroatoms. The van der Waals surface area contributed by atoms with Crippen LogP contribution in [-0.2, 0) is 9.78 Å². The van der Waals surface area contributed by atoms with Crippen LogP contribution in [0.25, 0.3) is 0 Å². The SMILES string of the molecule is CC1(C)CCCOOC1. The molecule has 0 unspecified atom stereocenters. The van der Waals surface area contributed by atoms with E-state index in [4.69, 9.17) is 9.78 Å². The first-order valence-electron chi connectivity index (χ1n) is 3.45. The fourth-order valence-electron chi connectivity index (χ4n) is 0.942. The van der Waals surface area contributed by atoms with Gasteiger partial charge in [-0.2, -0.15) is 0 Å². The molecule has 0 bridgehead atoms. The summed E-state index contributed by atoms with van der Waals surface area (Å²) in [5.41, 5.74) is 0.316. The Balaban J connectivity index is 2.36. The number of hydrogen-bond acceptors (Lipinski definition) is 2. The minimum atomic E-state index is 0.316. The van der Waals surface area contributed by atoms with Crippen molar-refractivity contribution in [1.29, 1.82) is 0 Å². The van der Waals surface area contributed by atoms with Gasteiger partial charge in [0.1, 0.15) is 0 Å². The van der Waals surface area contributed by atoms with Gasteiger partial charge in [-0.1, -0.05) is 13.8 Å². The van der Waals surface area contributed by atoms with Crippen molar-refractivity contribution in [3.63, 3.8) is 0 Å². The largest absolute Gasteiger partial charge is 0.237 e. The van der Waals surface area contributed by atoms with Crippen LogP contribution in [0, 0.1) is 5.41 Å². The molecule has 1 aliphatic rings. The summed E-state index contributed by atoms with van der Waals surface area (Å²) in [6.45, 7) is 5.87. The van der Waals surface area contributed by atoms with Crippen molar-refractivity contribution < 1.29 is 9.78 Å². The molecule has 0 N–H and O–H groups in total. The molecule has 0 spiro atoms. The van der Waals surface area contributed by atoms with Crippen molar-refractivity contribution in [1.82, 2.24) is 0 Å². The second kappa shape index (κ2) is 2.67. The second-order valence-electron chi connectivity index (χ2n) is 3.35. The highest BCUT2D eigenvalue weighted by atomic mass is 17.2. The predicted octanol–water partition coefficient (Wildman–Crippen LogP) is 1.75. The fraction of sp³-hybridized carbons (Fsp3) is 1.00. The van der Waals surface area contributed by atoms with Gasteiger partial charge >= 0.3 is 0 Å². The van der Waals surface area contributed by atoms with E-state index < -0.39 is 0 Å². The van der Waals surface area contributed by atoms with Gasteiger partial charge in [0.2, 0.25) is 0 Å². The smallest absolute Gasteiger partial charge is 0.0873 e. The lowest BCUT2D eigenvalue weighted by molar-refractivity contribution is -0.297. The van der Waals surface area contributed by atoms with Crippen LogP contribution in [0.1, 0.15) is 26.7 Å². The first-order chi connectivity index (χ1) is 4.21. The Morgan fingerprint density at radius 1 is 1.22 bits per heavy atom. The van der Waals surface area contributed by atoms with Gasteiger partial charge in [0.15, 0.2) is 0 Å². The summed E-state index contributed by atoms with van der Waals surface area (Å²) in [5, 5.41) is 0. The number of rotatable bonds is 0. The van der Waals surface area contributed by atoms with Gasteiger partial charge in [-0.3, -0.25) is 0 Å². The Labute approximate surface area is 56.1 Å². The molecule has 1 aliphatic heterocycles. The normalized spacial score (nSPS) is 27.3. The van der Waals surface area contributed by atoms with Crippen molar-refractivity contribution in [2.24, 2.45) is 5.41 Å². The average Bonchev–Trinajstić information content (AvgIpc) is 1.92. The van der Waals surface area contributed by atoms with Crippen LogP contribution >= 0.6 is 0 Å². The van der Waals surface area contributed by atoms with Crippen LogP contribution in [0.2, 0.25) is 0 Å². The van der Waals surface area contributed by atoms with E-state index in [0.717, 1.165) is 19.6 Å². The Morgan fingerprint density at radius 2 is 2.00 bits per heavy atom. The van der Waals surface area contributed by atoms with Gasteiger partial charge in [0.25, 0.3) is 0 Å². The highest BCUT2D eigenvalue weighted by Gasteiger charge is 2.20. The minimum Gasteiger partial charge on any atom is -0.237 e. The molecule has 1 rings (SSSR count). The molecule has 0 aromatic carbocycles. The first-order valence-corrected chi connectivity index (χ1v) is 3.45. The summed E-state index contributed by atoms with van der Waals surface area (Å²) in [6.07, 6.45) is 2.32. The average molecular weight is 130 g/mol. The molecule has 2 nitrogen and oxygen atoms in total. The van der Waals surface area contributed by atoms with Crippen LogP contribution < -0.4 is 0 Å². The topological polar surface area (TPSA) is 18.5 Å². The third-order valence-corrected chi connectivity index (χ3v) is 1.61. The highest BCUT2D eigenvalue weighted by molar-refractivity contribution is 4.67. The van der Waals surface area contributed by atoms with Crippen LogP contribution in [-0.4, -0.2) is 13.2 Å². The van der Waals surface area contributed by atoms with Crippen molar-refractivity contribution in [3.8, 4) is 0 Å². The minimum absolute atomic E-state index is 0.316. The van der Waals surface area contributed by atoms with Crippen LogP contribution in [0.5, 0.6) is 0 Å². The molecule has 0 aromatic heterocycles. The zero-order valence-corrected chi connectivity index (χ0v) is 6.14. The Bertz CT molecular complexity index is 78.9. The van der Waals surface area contributed by atoms with E-state index >= 15 is 0 Å².